The molecular formula is C30H31NO8. The van der Waals surface area contributed by atoms with E-state index in [2.05, 4.69) is 0 Å². The molecule has 2 aliphatic heterocycles. The van der Waals surface area contributed by atoms with Crippen LogP contribution in [0, 0.1) is 5.92 Å². The highest BCUT2D eigenvalue weighted by atomic mass is 16.7. The highest BCUT2D eigenvalue weighted by Gasteiger charge is 2.74. The van der Waals surface area contributed by atoms with Crippen LogP contribution in [0.25, 0.3) is 0 Å². The average molecular weight is 534 g/mol. The Balaban J connectivity index is 1.69. The molecule has 39 heavy (non-hydrogen) atoms. The molecular weight excluding hydrogens is 502 g/mol. The first kappa shape index (κ1) is 25.2. The Hall–Kier alpha value is -4.11. The second-order valence-electron chi connectivity index (χ2n) is 10.2. The number of fused-ring (bicyclic) bond motifs is 4. The molecule has 0 bridgehead atoms. The van der Waals surface area contributed by atoms with E-state index in [1.165, 1.54) is 7.11 Å². The largest absolute Gasteiger partial charge is 0.493 e. The maximum atomic E-state index is 13.8. The number of carbonyl (C=O) groups is 1. The molecule has 6 rings (SSSR count). The van der Waals surface area contributed by atoms with E-state index in [9.17, 15) is 9.90 Å². The minimum atomic E-state index is -1.69. The third-order valence-electron chi connectivity index (χ3n) is 8.17. The van der Waals surface area contributed by atoms with E-state index in [1.807, 2.05) is 36.4 Å². The van der Waals surface area contributed by atoms with Gasteiger partial charge < -0.3 is 38.4 Å². The average Bonchev–Trinajstić information content (AvgIpc) is 3.59. The normalized spacial score (nSPS) is 25.9. The van der Waals surface area contributed by atoms with Gasteiger partial charge in [-0.25, -0.2) is 0 Å². The van der Waals surface area contributed by atoms with Crippen LogP contribution >= 0.6 is 0 Å². The number of ether oxygens (including phenoxy) is 6. The minimum absolute atomic E-state index is 0.0300. The van der Waals surface area contributed by atoms with E-state index in [0.717, 1.165) is 5.56 Å². The lowest BCUT2D eigenvalue weighted by atomic mass is 9.70. The standard InChI is InChI=1S/C30H31NO8/c1-31(2)28(32)19-15-29(33)25-22(14-23-26(27(25)36-5)38-16-37-23)39-30(29,24(19)17-9-7-6-8-10-17)18-11-12-20(34-3)21(13-18)35-4/h6-14,19,24,33H,15-16H2,1-5H3/t19-,24?,29?,30?/m0/s1. The molecule has 0 radical (unpaired) electrons. The summed E-state index contributed by atoms with van der Waals surface area (Å²) >= 11 is 0. The zero-order valence-electron chi connectivity index (χ0n) is 22.5. The number of rotatable bonds is 6. The van der Waals surface area contributed by atoms with Crippen LogP contribution in [0.5, 0.6) is 34.5 Å². The topological polar surface area (TPSA) is 95.9 Å². The molecule has 0 spiro atoms. The van der Waals surface area contributed by atoms with E-state index in [1.54, 1.807) is 51.4 Å². The number of benzene rings is 3. The Morgan fingerprint density at radius 1 is 0.949 bits per heavy atom. The van der Waals surface area contributed by atoms with Crippen LogP contribution in [0.2, 0.25) is 0 Å². The third kappa shape index (κ3) is 3.32. The number of amides is 1. The first-order chi connectivity index (χ1) is 18.8. The van der Waals surface area contributed by atoms with Crippen molar-refractivity contribution in [1.29, 1.82) is 0 Å². The van der Waals surface area contributed by atoms with Crippen LogP contribution in [-0.4, -0.2) is 58.1 Å². The molecule has 9 nitrogen and oxygen atoms in total. The van der Waals surface area contributed by atoms with Crippen LogP contribution in [0.3, 0.4) is 0 Å². The van der Waals surface area contributed by atoms with Crippen LogP contribution in [0.15, 0.2) is 54.6 Å². The number of carbonyl (C=O) groups excluding carboxylic acids is 1. The first-order valence-electron chi connectivity index (χ1n) is 12.7. The SMILES string of the molecule is COc1ccc(C23Oc4cc5c(c(OC)c4C2(O)C[C@H](C(=O)N(C)C)C3c2ccccc2)OCO5)cc1OC. The Labute approximate surface area is 226 Å². The first-order valence-corrected chi connectivity index (χ1v) is 12.7. The van der Waals surface area contributed by atoms with Crippen molar-refractivity contribution in [2.75, 3.05) is 42.2 Å². The van der Waals surface area contributed by atoms with Crippen LogP contribution in [-0.2, 0) is 16.0 Å². The minimum Gasteiger partial charge on any atom is -0.493 e. The molecule has 1 saturated carbocycles. The van der Waals surface area contributed by atoms with Crippen LogP contribution in [0.1, 0.15) is 29.0 Å². The molecule has 2 heterocycles. The van der Waals surface area contributed by atoms with Gasteiger partial charge in [0.15, 0.2) is 28.6 Å². The fourth-order valence-corrected chi connectivity index (χ4v) is 6.63. The van der Waals surface area contributed by atoms with Crippen molar-refractivity contribution in [3.05, 3.63) is 71.3 Å². The summed E-state index contributed by atoms with van der Waals surface area (Å²) in [4.78, 5) is 15.4. The van der Waals surface area contributed by atoms with Gasteiger partial charge in [-0.2, -0.15) is 0 Å². The zero-order chi connectivity index (χ0) is 27.5. The van der Waals surface area contributed by atoms with E-state index < -0.39 is 23.0 Å². The molecule has 1 fully saturated rings. The van der Waals surface area contributed by atoms with E-state index in [4.69, 9.17) is 28.4 Å². The summed E-state index contributed by atoms with van der Waals surface area (Å²) in [5.41, 5.74) is -1.21. The van der Waals surface area contributed by atoms with Gasteiger partial charge >= 0.3 is 0 Å². The smallest absolute Gasteiger partial charge is 0.231 e. The predicted octanol–water partition coefficient (Wildman–Crippen LogP) is 3.81. The Morgan fingerprint density at radius 3 is 2.36 bits per heavy atom. The lowest BCUT2D eigenvalue weighted by molar-refractivity contribution is -0.134. The summed E-state index contributed by atoms with van der Waals surface area (Å²) < 4.78 is 35.3. The maximum Gasteiger partial charge on any atom is 0.231 e. The monoisotopic (exact) mass is 533 g/mol. The number of hydrogen-bond acceptors (Lipinski definition) is 8. The number of aliphatic hydroxyl groups is 1. The summed E-state index contributed by atoms with van der Waals surface area (Å²) in [7, 11) is 8.08. The van der Waals surface area contributed by atoms with Crippen LogP contribution in [0.4, 0.5) is 0 Å². The highest BCUT2D eigenvalue weighted by Crippen LogP contribution is 2.72. The van der Waals surface area contributed by atoms with Crippen molar-refractivity contribution in [1.82, 2.24) is 4.90 Å². The Morgan fingerprint density at radius 2 is 1.69 bits per heavy atom. The number of hydrogen-bond donors (Lipinski definition) is 1. The molecule has 1 aliphatic carbocycles. The lowest BCUT2D eigenvalue weighted by Gasteiger charge is -2.41. The summed E-state index contributed by atoms with van der Waals surface area (Å²) in [6.07, 6.45) is 0.0842. The molecule has 0 saturated heterocycles. The van der Waals surface area contributed by atoms with Crippen molar-refractivity contribution < 1.29 is 38.3 Å². The van der Waals surface area contributed by atoms with Gasteiger partial charge in [-0.1, -0.05) is 36.4 Å². The second kappa shape index (κ2) is 8.98. The molecule has 204 valence electrons. The fourth-order valence-electron chi connectivity index (χ4n) is 6.63. The van der Waals surface area contributed by atoms with Crippen LogP contribution < -0.4 is 28.4 Å². The summed E-state index contributed by atoms with van der Waals surface area (Å²) in [6.45, 7) is 0.0300. The molecule has 3 unspecified atom stereocenters. The van der Waals surface area contributed by atoms with Gasteiger partial charge in [0.2, 0.25) is 18.4 Å². The number of nitrogens with zero attached hydrogens (tertiary/aromatic N) is 1. The van der Waals surface area contributed by atoms with Gasteiger partial charge in [0.1, 0.15) is 11.4 Å². The summed E-state index contributed by atoms with van der Waals surface area (Å²) in [5.74, 6) is 1.29. The van der Waals surface area contributed by atoms with E-state index in [0.29, 0.717) is 45.6 Å². The van der Waals surface area contributed by atoms with Crippen molar-refractivity contribution >= 4 is 5.91 Å². The van der Waals surface area contributed by atoms with Gasteiger partial charge in [-0.15, -0.1) is 0 Å². The van der Waals surface area contributed by atoms with Gasteiger partial charge in [0.25, 0.3) is 0 Å². The van der Waals surface area contributed by atoms with Crippen molar-refractivity contribution in [3.63, 3.8) is 0 Å². The van der Waals surface area contributed by atoms with Gasteiger partial charge in [0, 0.05) is 31.6 Å². The summed E-state index contributed by atoms with van der Waals surface area (Å²) in [5, 5.41) is 13.0. The Bertz CT molecular complexity index is 1440. The van der Waals surface area contributed by atoms with E-state index >= 15 is 0 Å². The molecule has 3 aromatic rings. The molecule has 3 aliphatic rings. The van der Waals surface area contributed by atoms with Crippen molar-refractivity contribution in [2.45, 2.75) is 23.5 Å². The van der Waals surface area contributed by atoms with Crippen molar-refractivity contribution in [2.24, 2.45) is 5.92 Å². The second-order valence-corrected chi connectivity index (χ2v) is 10.2. The van der Waals surface area contributed by atoms with Gasteiger partial charge in [0.05, 0.1) is 32.8 Å². The highest BCUT2D eigenvalue weighted by molar-refractivity contribution is 5.82. The fraction of sp³-hybridized carbons (Fsp3) is 0.367. The van der Waals surface area contributed by atoms with Crippen molar-refractivity contribution in [3.8, 4) is 34.5 Å². The predicted molar refractivity (Wildman–Crippen MR) is 141 cm³/mol. The molecule has 9 heteroatoms. The summed E-state index contributed by atoms with van der Waals surface area (Å²) in [6, 6.07) is 16.9. The molecule has 3 aromatic carbocycles. The van der Waals surface area contributed by atoms with Gasteiger partial charge in [-0.05, 0) is 24.1 Å². The Kier molecular flexibility index (Phi) is 5.80. The van der Waals surface area contributed by atoms with Gasteiger partial charge in [-0.3, -0.25) is 4.79 Å². The molecule has 4 atom stereocenters. The lowest BCUT2D eigenvalue weighted by Crippen LogP contribution is -2.48. The third-order valence-corrected chi connectivity index (χ3v) is 8.17. The quantitative estimate of drug-likeness (QED) is 0.511. The molecule has 1 N–H and O–H groups in total. The number of methoxy groups -OCH3 is 3. The van der Waals surface area contributed by atoms with E-state index in [-0.39, 0.29) is 19.1 Å². The molecule has 1 amide bonds. The molecule has 0 aromatic heterocycles. The zero-order valence-corrected chi connectivity index (χ0v) is 22.5. The maximum absolute atomic E-state index is 13.8.